The van der Waals surface area contributed by atoms with Crippen molar-refractivity contribution in [3.63, 3.8) is 0 Å². The minimum absolute atomic E-state index is 0.0907. The number of nitrogens with one attached hydrogen (secondary N) is 1. The van der Waals surface area contributed by atoms with Crippen molar-refractivity contribution in [3.05, 3.63) is 31.2 Å². The fourth-order valence-electron chi connectivity index (χ4n) is 3.45. The molecule has 2 fully saturated rings. The molecule has 138 valence electrons. The molecule has 1 N–H and O–H groups in total. The summed E-state index contributed by atoms with van der Waals surface area (Å²) in [4.78, 5) is 38.6. The first-order chi connectivity index (χ1) is 12.3. The van der Waals surface area contributed by atoms with Crippen molar-refractivity contribution in [2.45, 2.75) is 31.7 Å². The van der Waals surface area contributed by atoms with E-state index in [1.165, 1.54) is 0 Å². The van der Waals surface area contributed by atoms with Crippen LogP contribution in [0.25, 0.3) is 0 Å². The highest BCUT2D eigenvalue weighted by atomic mass is 35.5. The van der Waals surface area contributed by atoms with Gasteiger partial charge in [0.2, 0.25) is 5.91 Å². The molecule has 9 heteroatoms. The van der Waals surface area contributed by atoms with E-state index in [0.29, 0.717) is 11.8 Å². The lowest BCUT2D eigenvalue weighted by molar-refractivity contribution is -0.122. The maximum Gasteiger partial charge on any atom is 0.263 e. The van der Waals surface area contributed by atoms with Crippen LogP contribution in [0.1, 0.15) is 46.4 Å². The molecule has 3 aliphatic rings. The molecule has 2 saturated carbocycles. The van der Waals surface area contributed by atoms with Gasteiger partial charge in [-0.2, -0.15) is 0 Å². The fourth-order valence-corrected chi connectivity index (χ4v) is 4.46. The van der Waals surface area contributed by atoms with E-state index < -0.39 is 11.8 Å². The van der Waals surface area contributed by atoms with Gasteiger partial charge in [0.25, 0.3) is 11.8 Å². The molecule has 4 rings (SSSR count). The fraction of sp³-hybridized carbons (Fsp3) is 0.471. The van der Waals surface area contributed by atoms with Crippen LogP contribution in [0, 0.1) is 11.8 Å². The van der Waals surface area contributed by atoms with Crippen molar-refractivity contribution in [2.75, 3.05) is 6.54 Å². The second-order valence-corrected chi connectivity index (χ2v) is 8.48. The number of benzene rings is 1. The van der Waals surface area contributed by atoms with Crippen LogP contribution in [0.15, 0.2) is 0 Å². The van der Waals surface area contributed by atoms with Crippen molar-refractivity contribution in [1.82, 2.24) is 10.2 Å². The number of hydrogen-bond acceptors (Lipinski definition) is 3. The van der Waals surface area contributed by atoms with Gasteiger partial charge in [-0.15, -0.1) is 0 Å². The van der Waals surface area contributed by atoms with E-state index in [2.05, 4.69) is 5.32 Å². The number of amides is 3. The lowest BCUT2D eigenvalue weighted by Gasteiger charge is -2.20. The number of halogens is 4. The van der Waals surface area contributed by atoms with Crippen LogP contribution in [0.5, 0.6) is 0 Å². The summed E-state index contributed by atoms with van der Waals surface area (Å²) in [7, 11) is 0. The highest BCUT2D eigenvalue weighted by Gasteiger charge is 2.45. The summed E-state index contributed by atoms with van der Waals surface area (Å²) in [6.45, 7) is -0.385. The quantitative estimate of drug-likeness (QED) is 0.428. The normalized spacial score (nSPS) is 19.3. The molecule has 0 spiro atoms. The van der Waals surface area contributed by atoms with Crippen LogP contribution >= 0.6 is 46.4 Å². The Labute approximate surface area is 169 Å². The molecule has 0 bridgehead atoms. The Kier molecular flexibility index (Phi) is 4.63. The standard InChI is InChI=1S/C17H14Cl4N2O3/c18-11-9-10(12(19)14(21)13(11)20)17(26)23(16(9)25)5-8(24)22-15(6-1-2-6)7-3-4-7/h6-7,15H,1-5H2,(H,22,24). The smallest absolute Gasteiger partial charge is 0.263 e. The molecule has 0 unspecified atom stereocenters. The zero-order chi connectivity index (χ0) is 18.7. The van der Waals surface area contributed by atoms with Gasteiger partial charge >= 0.3 is 0 Å². The van der Waals surface area contributed by atoms with Crippen LogP contribution in [0.2, 0.25) is 20.1 Å². The molecule has 26 heavy (non-hydrogen) atoms. The number of imide groups is 1. The first-order valence-electron chi connectivity index (χ1n) is 8.32. The third-order valence-corrected chi connectivity index (χ3v) is 6.88. The molecule has 5 nitrogen and oxygen atoms in total. The van der Waals surface area contributed by atoms with Gasteiger partial charge in [-0.05, 0) is 37.5 Å². The number of rotatable bonds is 5. The molecule has 1 aromatic carbocycles. The topological polar surface area (TPSA) is 66.5 Å². The maximum atomic E-state index is 12.6. The van der Waals surface area contributed by atoms with E-state index in [1.807, 2.05) is 0 Å². The van der Waals surface area contributed by atoms with E-state index in [4.69, 9.17) is 46.4 Å². The molecule has 2 aliphatic carbocycles. The van der Waals surface area contributed by atoms with E-state index in [1.54, 1.807) is 0 Å². The third kappa shape index (κ3) is 2.99. The number of fused-ring (bicyclic) bond motifs is 1. The lowest BCUT2D eigenvalue weighted by atomic mass is 10.1. The van der Waals surface area contributed by atoms with Gasteiger partial charge in [-0.1, -0.05) is 46.4 Å². The SMILES string of the molecule is O=C(CN1C(=O)c2c(Cl)c(Cl)c(Cl)c(Cl)c2C1=O)NC(C1CC1)C1CC1. The van der Waals surface area contributed by atoms with Crippen LogP contribution in [-0.2, 0) is 4.79 Å². The van der Waals surface area contributed by atoms with Crippen molar-refractivity contribution in [1.29, 1.82) is 0 Å². The number of carbonyl (C=O) groups excluding carboxylic acids is 3. The zero-order valence-electron chi connectivity index (χ0n) is 13.5. The van der Waals surface area contributed by atoms with E-state index in [9.17, 15) is 14.4 Å². The predicted octanol–water partition coefficient (Wildman–Crippen LogP) is 4.20. The Morgan fingerprint density at radius 2 is 1.31 bits per heavy atom. The lowest BCUT2D eigenvalue weighted by Crippen LogP contribution is -2.45. The van der Waals surface area contributed by atoms with E-state index in [-0.39, 0.29) is 49.7 Å². The molecule has 0 radical (unpaired) electrons. The molecule has 0 aromatic heterocycles. The Bertz CT molecular complexity index is 790. The molecule has 1 aromatic rings. The number of hydrogen-bond donors (Lipinski definition) is 1. The Morgan fingerprint density at radius 1 is 0.885 bits per heavy atom. The van der Waals surface area contributed by atoms with Gasteiger partial charge in [-0.25, -0.2) is 0 Å². The summed E-state index contributed by atoms with van der Waals surface area (Å²) in [5.74, 6) is -0.738. The van der Waals surface area contributed by atoms with E-state index in [0.717, 1.165) is 30.6 Å². The van der Waals surface area contributed by atoms with Crippen LogP contribution in [-0.4, -0.2) is 35.2 Å². The molecule has 1 aliphatic heterocycles. The van der Waals surface area contributed by atoms with E-state index >= 15 is 0 Å². The van der Waals surface area contributed by atoms with Crippen LogP contribution in [0.4, 0.5) is 0 Å². The second kappa shape index (κ2) is 6.55. The largest absolute Gasteiger partial charge is 0.351 e. The Morgan fingerprint density at radius 3 is 1.69 bits per heavy atom. The first kappa shape index (κ1) is 18.4. The zero-order valence-corrected chi connectivity index (χ0v) is 16.5. The Balaban J connectivity index is 1.55. The predicted molar refractivity (Wildman–Crippen MR) is 99.2 cm³/mol. The first-order valence-corrected chi connectivity index (χ1v) is 9.84. The highest BCUT2D eigenvalue weighted by Crippen LogP contribution is 2.46. The van der Waals surface area contributed by atoms with Gasteiger partial charge in [0.15, 0.2) is 0 Å². The Hall–Kier alpha value is -1.01. The minimum atomic E-state index is -0.694. The monoisotopic (exact) mass is 434 g/mol. The van der Waals surface area contributed by atoms with Gasteiger partial charge in [0.1, 0.15) is 6.54 Å². The minimum Gasteiger partial charge on any atom is -0.351 e. The average Bonchev–Trinajstić information content (AvgIpc) is 3.50. The summed E-state index contributed by atoms with van der Waals surface area (Å²) in [5.41, 5.74) is -0.213. The van der Waals surface area contributed by atoms with Gasteiger partial charge in [-0.3, -0.25) is 19.3 Å². The third-order valence-electron chi connectivity index (χ3n) is 5.07. The van der Waals surface area contributed by atoms with Gasteiger partial charge in [0.05, 0.1) is 31.2 Å². The van der Waals surface area contributed by atoms with Crippen molar-refractivity contribution < 1.29 is 14.4 Å². The van der Waals surface area contributed by atoms with Crippen LogP contribution < -0.4 is 5.32 Å². The summed E-state index contributed by atoms with van der Waals surface area (Å²) in [6, 6.07) is 0.133. The number of carbonyl (C=O) groups is 3. The molecule has 0 saturated heterocycles. The van der Waals surface area contributed by atoms with Crippen molar-refractivity contribution >= 4 is 64.1 Å². The molecular weight excluding hydrogens is 422 g/mol. The maximum absolute atomic E-state index is 12.6. The summed E-state index contributed by atoms with van der Waals surface area (Å²) < 4.78 is 0. The molecule has 3 amide bonds. The molecule has 0 atom stereocenters. The number of nitrogens with zero attached hydrogens (tertiary/aromatic N) is 1. The molecular formula is C17H14Cl4N2O3. The van der Waals surface area contributed by atoms with Gasteiger partial charge in [0, 0.05) is 6.04 Å². The summed E-state index contributed by atoms with van der Waals surface area (Å²) in [5, 5.41) is 2.54. The van der Waals surface area contributed by atoms with Crippen molar-refractivity contribution in [3.8, 4) is 0 Å². The molecule has 1 heterocycles. The summed E-state index contributed by atoms with van der Waals surface area (Å²) >= 11 is 24.1. The van der Waals surface area contributed by atoms with Gasteiger partial charge < -0.3 is 5.32 Å². The average molecular weight is 436 g/mol. The van der Waals surface area contributed by atoms with Crippen molar-refractivity contribution in [2.24, 2.45) is 11.8 Å². The van der Waals surface area contributed by atoms with Crippen LogP contribution in [0.3, 0.4) is 0 Å². The second-order valence-electron chi connectivity index (χ2n) is 6.97. The summed E-state index contributed by atoms with van der Waals surface area (Å²) in [6.07, 6.45) is 4.43. The highest BCUT2D eigenvalue weighted by molar-refractivity contribution is 6.55.